The molecular formula is C15H18N2. The van der Waals surface area contributed by atoms with Crippen LogP contribution in [0.5, 0.6) is 0 Å². The highest BCUT2D eigenvalue weighted by Gasteiger charge is 2.24. The van der Waals surface area contributed by atoms with Crippen molar-refractivity contribution < 1.29 is 0 Å². The van der Waals surface area contributed by atoms with E-state index < -0.39 is 0 Å². The summed E-state index contributed by atoms with van der Waals surface area (Å²) in [7, 11) is 0. The molecular weight excluding hydrogens is 208 g/mol. The Morgan fingerprint density at radius 3 is 2.53 bits per heavy atom. The molecule has 0 aliphatic heterocycles. The van der Waals surface area contributed by atoms with Gasteiger partial charge in [0.1, 0.15) is 0 Å². The van der Waals surface area contributed by atoms with Crippen LogP contribution < -0.4 is 5.43 Å². The minimum Gasteiger partial charge on any atom is -0.325 e. The lowest BCUT2D eigenvalue weighted by Gasteiger charge is -2.31. The second kappa shape index (κ2) is 3.95. The van der Waals surface area contributed by atoms with Gasteiger partial charge in [0.2, 0.25) is 0 Å². The maximum absolute atomic E-state index is 3.52. The zero-order chi connectivity index (χ0) is 11.8. The van der Waals surface area contributed by atoms with Crippen LogP contribution in [-0.2, 0) is 6.42 Å². The Hall–Kier alpha value is -1.70. The predicted octanol–water partition coefficient (Wildman–Crippen LogP) is 2.99. The summed E-state index contributed by atoms with van der Waals surface area (Å²) in [6, 6.07) is 13.0. The summed E-state index contributed by atoms with van der Waals surface area (Å²) < 4.78 is 2.18. The fourth-order valence-corrected chi connectivity index (χ4v) is 2.66. The second-order valence-electron chi connectivity index (χ2n) is 4.91. The van der Waals surface area contributed by atoms with Crippen molar-refractivity contribution in [2.45, 2.75) is 26.2 Å². The van der Waals surface area contributed by atoms with E-state index >= 15 is 0 Å². The summed E-state index contributed by atoms with van der Waals surface area (Å²) in [6.07, 6.45) is 1.21. The van der Waals surface area contributed by atoms with Gasteiger partial charge in [0.05, 0.1) is 0 Å². The molecule has 1 N–H and O–H groups in total. The Bertz CT molecular complexity index is 520. The maximum Gasteiger partial charge on any atom is 0.0386 e. The Balaban J connectivity index is 1.68. The number of nitrogens with zero attached hydrogens (tertiary/aromatic N) is 1. The lowest BCUT2D eigenvalue weighted by Crippen LogP contribution is -2.29. The van der Waals surface area contributed by atoms with Crippen LogP contribution in [0, 0.1) is 13.8 Å². The lowest BCUT2D eigenvalue weighted by molar-refractivity contribution is 0.599. The molecule has 0 bridgehead atoms. The summed E-state index contributed by atoms with van der Waals surface area (Å²) in [5.74, 6) is 0.674. The van der Waals surface area contributed by atoms with E-state index in [0.717, 1.165) is 6.54 Å². The summed E-state index contributed by atoms with van der Waals surface area (Å²) in [6.45, 7) is 5.29. The van der Waals surface area contributed by atoms with Crippen molar-refractivity contribution in [2.24, 2.45) is 0 Å². The predicted molar refractivity (Wildman–Crippen MR) is 71.0 cm³/mol. The van der Waals surface area contributed by atoms with Gasteiger partial charge in [0.25, 0.3) is 0 Å². The standard InChI is InChI=1S/C15H18N2/c1-11-7-8-12(2)17(11)16-10-14-9-13-5-3-4-6-15(13)14/h3-8,14,16H,9-10H2,1-2H3. The summed E-state index contributed by atoms with van der Waals surface area (Å²) in [4.78, 5) is 0. The average Bonchev–Trinajstić information content (AvgIpc) is 2.61. The van der Waals surface area contributed by atoms with E-state index in [0.29, 0.717) is 5.92 Å². The molecule has 0 saturated carbocycles. The van der Waals surface area contributed by atoms with E-state index in [1.807, 2.05) is 0 Å². The third-order valence-electron chi connectivity index (χ3n) is 3.73. The van der Waals surface area contributed by atoms with Crippen molar-refractivity contribution in [2.75, 3.05) is 12.0 Å². The first-order chi connectivity index (χ1) is 8.25. The molecule has 2 aromatic rings. The third-order valence-corrected chi connectivity index (χ3v) is 3.73. The smallest absolute Gasteiger partial charge is 0.0386 e. The Morgan fingerprint density at radius 1 is 1.12 bits per heavy atom. The van der Waals surface area contributed by atoms with E-state index in [4.69, 9.17) is 0 Å². The monoisotopic (exact) mass is 226 g/mol. The number of hydrogen-bond acceptors (Lipinski definition) is 1. The largest absolute Gasteiger partial charge is 0.325 e. The third kappa shape index (κ3) is 1.74. The van der Waals surface area contributed by atoms with Crippen LogP contribution in [0.25, 0.3) is 0 Å². The number of aryl methyl sites for hydroxylation is 2. The average molecular weight is 226 g/mol. The number of benzene rings is 1. The number of rotatable bonds is 3. The van der Waals surface area contributed by atoms with Crippen molar-refractivity contribution in [3.63, 3.8) is 0 Å². The summed E-state index contributed by atoms with van der Waals surface area (Å²) in [5.41, 5.74) is 9.10. The fraction of sp³-hybridized carbons (Fsp3) is 0.333. The highest BCUT2D eigenvalue weighted by molar-refractivity contribution is 5.40. The Kier molecular flexibility index (Phi) is 2.43. The molecule has 0 spiro atoms. The number of hydrogen-bond donors (Lipinski definition) is 1. The molecule has 1 aromatic heterocycles. The zero-order valence-corrected chi connectivity index (χ0v) is 10.4. The molecule has 0 saturated heterocycles. The molecule has 2 nitrogen and oxygen atoms in total. The van der Waals surface area contributed by atoms with Gasteiger partial charge >= 0.3 is 0 Å². The maximum atomic E-state index is 3.52. The van der Waals surface area contributed by atoms with Gasteiger partial charge in [-0.05, 0) is 43.5 Å². The molecule has 0 radical (unpaired) electrons. The van der Waals surface area contributed by atoms with Crippen LogP contribution in [0.2, 0.25) is 0 Å². The zero-order valence-electron chi connectivity index (χ0n) is 10.4. The van der Waals surface area contributed by atoms with Crippen molar-refractivity contribution in [1.82, 2.24) is 4.68 Å². The minimum atomic E-state index is 0.674. The van der Waals surface area contributed by atoms with E-state index in [2.05, 4.69) is 60.3 Å². The molecule has 3 rings (SSSR count). The van der Waals surface area contributed by atoms with Gasteiger partial charge in [-0.15, -0.1) is 0 Å². The van der Waals surface area contributed by atoms with Gasteiger partial charge in [0, 0.05) is 23.9 Å². The number of nitrogens with one attached hydrogen (secondary N) is 1. The number of fused-ring (bicyclic) bond motifs is 1. The molecule has 1 aliphatic carbocycles. The molecule has 0 amide bonds. The molecule has 1 atom stereocenters. The van der Waals surface area contributed by atoms with Gasteiger partial charge in [0.15, 0.2) is 0 Å². The molecule has 88 valence electrons. The van der Waals surface area contributed by atoms with Crippen LogP contribution in [-0.4, -0.2) is 11.2 Å². The highest BCUT2D eigenvalue weighted by atomic mass is 15.4. The topological polar surface area (TPSA) is 17.0 Å². The SMILES string of the molecule is Cc1ccc(C)n1NCC1Cc2ccccc21. The molecule has 0 fully saturated rings. The highest BCUT2D eigenvalue weighted by Crippen LogP contribution is 2.34. The van der Waals surface area contributed by atoms with E-state index in [1.165, 1.54) is 28.9 Å². The minimum absolute atomic E-state index is 0.674. The summed E-state index contributed by atoms with van der Waals surface area (Å²) in [5, 5.41) is 0. The van der Waals surface area contributed by atoms with Crippen molar-refractivity contribution in [1.29, 1.82) is 0 Å². The van der Waals surface area contributed by atoms with Gasteiger partial charge < -0.3 is 5.43 Å². The van der Waals surface area contributed by atoms with Crippen LogP contribution in [0.4, 0.5) is 0 Å². The first-order valence-corrected chi connectivity index (χ1v) is 6.22. The van der Waals surface area contributed by atoms with Gasteiger partial charge in [-0.3, -0.25) is 4.68 Å². The Morgan fingerprint density at radius 2 is 1.82 bits per heavy atom. The van der Waals surface area contributed by atoms with E-state index in [-0.39, 0.29) is 0 Å². The van der Waals surface area contributed by atoms with Crippen LogP contribution in [0.15, 0.2) is 36.4 Å². The van der Waals surface area contributed by atoms with E-state index in [1.54, 1.807) is 0 Å². The fourth-order valence-electron chi connectivity index (χ4n) is 2.66. The Labute approximate surface area is 102 Å². The molecule has 17 heavy (non-hydrogen) atoms. The van der Waals surface area contributed by atoms with Crippen molar-refractivity contribution >= 4 is 0 Å². The number of aromatic nitrogens is 1. The molecule has 1 aliphatic rings. The van der Waals surface area contributed by atoms with Crippen LogP contribution >= 0.6 is 0 Å². The van der Waals surface area contributed by atoms with Gasteiger partial charge in [-0.2, -0.15) is 0 Å². The van der Waals surface area contributed by atoms with Crippen molar-refractivity contribution in [3.8, 4) is 0 Å². The first kappa shape index (κ1) is 10.5. The summed E-state index contributed by atoms with van der Waals surface area (Å²) >= 11 is 0. The molecule has 1 heterocycles. The van der Waals surface area contributed by atoms with Crippen molar-refractivity contribution in [3.05, 3.63) is 58.9 Å². The molecule has 2 heteroatoms. The first-order valence-electron chi connectivity index (χ1n) is 6.22. The van der Waals surface area contributed by atoms with Crippen LogP contribution in [0.1, 0.15) is 28.4 Å². The quantitative estimate of drug-likeness (QED) is 0.851. The van der Waals surface area contributed by atoms with Gasteiger partial charge in [-0.25, -0.2) is 0 Å². The normalized spacial score (nSPS) is 17.4. The lowest BCUT2D eigenvalue weighted by atomic mass is 9.78. The second-order valence-corrected chi connectivity index (χ2v) is 4.91. The van der Waals surface area contributed by atoms with Crippen LogP contribution in [0.3, 0.4) is 0 Å². The van der Waals surface area contributed by atoms with E-state index in [9.17, 15) is 0 Å². The molecule has 1 aromatic carbocycles. The van der Waals surface area contributed by atoms with Gasteiger partial charge in [-0.1, -0.05) is 24.3 Å². The molecule has 1 unspecified atom stereocenters.